The molecule has 0 unspecified atom stereocenters. The molecule has 98 valence electrons. The molecule has 7 heteroatoms. The summed E-state index contributed by atoms with van der Waals surface area (Å²) in [5.74, 6) is -0.241. The van der Waals surface area contributed by atoms with Gasteiger partial charge in [0.1, 0.15) is 5.82 Å². The Bertz CT molecular complexity index is 789. The van der Waals surface area contributed by atoms with Crippen molar-refractivity contribution in [1.82, 2.24) is 19.3 Å². The molecule has 0 spiro atoms. The monoisotopic (exact) mass is 279 g/mol. The number of halogens is 2. The van der Waals surface area contributed by atoms with Crippen molar-refractivity contribution >= 4 is 28.6 Å². The summed E-state index contributed by atoms with van der Waals surface area (Å²) in [5, 5.41) is 4.30. The molecule has 2 heterocycles. The Labute approximate surface area is 113 Å². The average Bonchev–Trinajstić information content (AvgIpc) is 2.79. The SMILES string of the molecule is Cc1nn(C)cc1-n1c(N)nc2cc(F)c(Cl)cc21. The first-order valence-electron chi connectivity index (χ1n) is 5.61. The molecule has 0 fully saturated rings. The molecule has 3 rings (SSSR count). The second-order valence-corrected chi connectivity index (χ2v) is 4.74. The lowest BCUT2D eigenvalue weighted by molar-refractivity contribution is 0.630. The van der Waals surface area contributed by atoms with E-state index in [0.717, 1.165) is 11.4 Å². The highest BCUT2D eigenvalue weighted by Gasteiger charge is 2.16. The van der Waals surface area contributed by atoms with E-state index in [1.807, 2.05) is 20.2 Å². The van der Waals surface area contributed by atoms with Gasteiger partial charge in [0.15, 0.2) is 0 Å². The van der Waals surface area contributed by atoms with E-state index in [4.69, 9.17) is 17.3 Å². The van der Waals surface area contributed by atoms with E-state index in [1.54, 1.807) is 9.25 Å². The number of aryl methyl sites for hydroxylation is 2. The maximum absolute atomic E-state index is 13.4. The summed E-state index contributed by atoms with van der Waals surface area (Å²) < 4.78 is 16.8. The smallest absolute Gasteiger partial charge is 0.206 e. The van der Waals surface area contributed by atoms with E-state index in [0.29, 0.717) is 11.0 Å². The number of nitrogens with zero attached hydrogens (tertiary/aromatic N) is 4. The predicted octanol–water partition coefficient (Wildman–Crippen LogP) is 2.44. The van der Waals surface area contributed by atoms with Crippen molar-refractivity contribution in [1.29, 1.82) is 0 Å². The van der Waals surface area contributed by atoms with Crippen LogP contribution in [0.3, 0.4) is 0 Å². The standard InChI is InChI=1S/C12H11ClFN5/c1-6-11(5-18(2)17-6)19-10-3-7(13)8(14)4-9(10)16-12(19)15/h3-5H,1-2H3,(H2,15,16). The summed E-state index contributed by atoms with van der Waals surface area (Å²) in [6.07, 6.45) is 1.82. The summed E-state index contributed by atoms with van der Waals surface area (Å²) in [5.41, 5.74) is 8.62. The summed E-state index contributed by atoms with van der Waals surface area (Å²) in [7, 11) is 1.82. The zero-order chi connectivity index (χ0) is 13.7. The van der Waals surface area contributed by atoms with E-state index in [2.05, 4.69) is 10.1 Å². The van der Waals surface area contributed by atoms with Crippen LogP contribution in [0.15, 0.2) is 18.3 Å². The summed E-state index contributed by atoms with van der Waals surface area (Å²) >= 11 is 5.82. The van der Waals surface area contributed by atoms with Gasteiger partial charge in [0.2, 0.25) is 5.95 Å². The molecular formula is C12H11ClFN5. The Hall–Kier alpha value is -2.08. The van der Waals surface area contributed by atoms with Gasteiger partial charge < -0.3 is 5.73 Å². The molecule has 0 amide bonds. The first-order chi connectivity index (χ1) is 8.97. The minimum atomic E-state index is -0.512. The van der Waals surface area contributed by atoms with Gasteiger partial charge in [0.05, 0.1) is 27.4 Å². The van der Waals surface area contributed by atoms with Crippen molar-refractivity contribution in [2.45, 2.75) is 6.92 Å². The Kier molecular flexibility index (Phi) is 2.50. The largest absolute Gasteiger partial charge is 0.369 e. The lowest BCUT2D eigenvalue weighted by Gasteiger charge is -2.04. The number of imidazole rings is 1. The van der Waals surface area contributed by atoms with Crippen molar-refractivity contribution in [3.05, 3.63) is 34.9 Å². The molecule has 0 aliphatic carbocycles. The molecule has 0 radical (unpaired) electrons. The summed E-state index contributed by atoms with van der Waals surface area (Å²) in [6, 6.07) is 2.79. The summed E-state index contributed by atoms with van der Waals surface area (Å²) in [6.45, 7) is 1.87. The fraction of sp³-hybridized carbons (Fsp3) is 0.167. The van der Waals surface area contributed by atoms with Crippen LogP contribution in [-0.2, 0) is 7.05 Å². The van der Waals surface area contributed by atoms with E-state index in [1.165, 1.54) is 12.1 Å². The lowest BCUT2D eigenvalue weighted by atomic mass is 10.3. The third-order valence-electron chi connectivity index (χ3n) is 2.95. The van der Waals surface area contributed by atoms with Crippen LogP contribution in [0, 0.1) is 12.7 Å². The van der Waals surface area contributed by atoms with Crippen LogP contribution in [0.1, 0.15) is 5.69 Å². The molecule has 2 aromatic heterocycles. The van der Waals surface area contributed by atoms with E-state index < -0.39 is 5.82 Å². The second-order valence-electron chi connectivity index (χ2n) is 4.33. The van der Waals surface area contributed by atoms with Gasteiger partial charge in [-0.25, -0.2) is 9.37 Å². The average molecular weight is 280 g/mol. The molecule has 0 bridgehead atoms. The number of rotatable bonds is 1. The third kappa shape index (κ3) is 1.76. The minimum absolute atomic E-state index is 0.0372. The van der Waals surface area contributed by atoms with Gasteiger partial charge in [-0.15, -0.1) is 0 Å². The van der Waals surface area contributed by atoms with E-state index in [9.17, 15) is 4.39 Å². The van der Waals surface area contributed by atoms with Gasteiger partial charge >= 0.3 is 0 Å². The molecular weight excluding hydrogens is 269 g/mol. The minimum Gasteiger partial charge on any atom is -0.369 e. The highest BCUT2D eigenvalue weighted by molar-refractivity contribution is 6.31. The zero-order valence-electron chi connectivity index (χ0n) is 10.4. The molecule has 1 aromatic carbocycles. The summed E-state index contributed by atoms with van der Waals surface area (Å²) in [4.78, 5) is 4.15. The van der Waals surface area contributed by atoms with Gasteiger partial charge in [-0.2, -0.15) is 5.10 Å². The van der Waals surface area contributed by atoms with Gasteiger partial charge in [-0.1, -0.05) is 11.6 Å². The van der Waals surface area contributed by atoms with Crippen molar-refractivity contribution in [3.8, 4) is 5.69 Å². The van der Waals surface area contributed by atoms with Crippen molar-refractivity contribution in [2.24, 2.45) is 7.05 Å². The predicted molar refractivity (Wildman–Crippen MR) is 72.0 cm³/mol. The van der Waals surface area contributed by atoms with Gasteiger partial charge in [0, 0.05) is 19.3 Å². The molecule has 0 aliphatic rings. The quantitative estimate of drug-likeness (QED) is 0.744. The maximum Gasteiger partial charge on any atom is 0.206 e. The Morgan fingerprint density at radius 1 is 1.37 bits per heavy atom. The topological polar surface area (TPSA) is 61.7 Å². The molecule has 0 atom stereocenters. The highest BCUT2D eigenvalue weighted by Crippen LogP contribution is 2.28. The normalized spacial score (nSPS) is 11.4. The van der Waals surface area contributed by atoms with Crippen LogP contribution in [0.2, 0.25) is 5.02 Å². The number of nitrogen functional groups attached to an aromatic ring is 1. The number of nitrogens with two attached hydrogens (primary N) is 1. The Balaban J connectivity index is 2.37. The van der Waals surface area contributed by atoms with Crippen LogP contribution in [0.4, 0.5) is 10.3 Å². The van der Waals surface area contributed by atoms with Crippen LogP contribution in [-0.4, -0.2) is 19.3 Å². The molecule has 0 aliphatic heterocycles. The molecule has 5 nitrogen and oxygen atoms in total. The first-order valence-corrected chi connectivity index (χ1v) is 5.99. The molecule has 0 saturated heterocycles. The van der Waals surface area contributed by atoms with Gasteiger partial charge in [0.25, 0.3) is 0 Å². The molecule has 0 saturated carbocycles. The molecule has 2 N–H and O–H groups in total. The lowest BCUT2D eigenvalue weighted by Crippen LogP contribution is -2.01. The van der Waals surface area contributed by atoms with E-state index >= 15 is 0 Å². The first kappa shape index (κ1) is 12.0. The van der Waals surface area contributed by atoms with E-state index in [-0.39, 0.29) is 11.0 Å². The fourth-order valence-electron chi connectivity index (χ4n) is 2.15. The second kappa shape index (κ2) is 3.96. The van der Waals surface area contributed by atoms with Crippen molar-refractivity contribution in [2.75, 3.05) is 5.73 Å². The number of hydrogen-bond acceptors (Lipinski definition) is 3. The van der Waals surface area contributed by atoms with Crippen molar-refractivity contribution in [3.63, 3.8) is 0 Å². The van der Waals surface area contributed by atoms with Crippen LogP contribution in [0.25, 0.3) is 16.7 Å². The number of benzene rings is 1. The van der Waals surface area contributed by atoms with Crippen molar-refractivity contribution < 1.29 is 4.39 Å². The van der Waals surface area contributed by atoms with Crippen LogP contribution < -0.4 is 5.73 Å². The number of fused-ring (bicyclic) bond motifs is 1. The Morgan fingerprint density at radius 3 is 2.74 bits per heavy atom. The fourth-order valence-corrected chi connectivity index (χ4v) is 2.31. The number of aromatic nitrogens is 4. The van der Waals surface area contributed by atoms with Crippen LogP contribution >= 0.6 is 11.6 Å². The maximum atomic E-state index is 13.4. The zero-order valence-corrected chi connectivity index (χ0v) is 11.1. The molecule has 3 aromatic rings. The number of anilines is 1. The number of hydrogen-bond donors (Lipinski definition) is 1. The van der Waals surface area contributed by atoms with Gasteiger partial charge in [-0.05, 0) is 13.0 Å². The Morgan fingerprint density at radius 2 is 2.11 bits per heavy atom. The third-order valence-corrected chi connectivity index (χ3v) is 3.24. The van der Waals surface area contributed by atoms with Gasteiger partial charge in [-0.3, -0.25) is 9.25 Å². The van der Waals surface area contributed by atoms with Crippen LogP contribution in [0.5, 0.6) is 0 Å². The highest BCUT2D eigenvalue weighted by atomic mass is 35.5. The molecule has 19 heavy (non-hydrogen) atoms.